The van der Waals surface area contributed by atoms with Gasteiger partial charge in [0.05, 0.1) is 13.7 Å². The van der Waals surface area contributed by atoms with E-state index in [0.29, 0.717) is 19.4 Å². The first kappa shape index (κ1) is 28.4. The molecule has 2 amide bonds. The largest absolute Gasteiger partial charge is 0.508 e. The summed E-state index contributed by atoms with van der Waals surface area (Å²) in [5.74, 6) is -0.654. The molecular weight excluding hydrogens is 484 g/mol. The molecule has 37 heavy (non-hydrogen) atoms. The smallest absolute Gasteiger partial charge is 0.325 e. The molecule has 1 heterocycles. The number of aliphatic hydroxyl groups is 4. The van der Waals surface area contributed by atoms with Crippen molar-refractivity contribution >= 4 is 12.0 Å². The molecule has 0 spiro atoms. The molecule has 0 saturated carbocycles. The van der Waals surface area contributed by atoms with Crippen LogP contribution in [-0.2, 0) is 27.1 Å². The Morgan fingerprint density at radius 3 is 2.32 bits per heavy atom. The molecule has 0 unspecified atom stereocenters. The SMILES string of the molecule is COC(=O)CNC(=O)NCCc1ccc(Cc2cc([C@@H]3O[C@H](CO)[C@@H](O)[C@H](O)[C@H]3O)c(O)cc2C)cc1. The van der Waals surface area contributed by atoms with Crippen LogP contribution >= 0.6 is 0 Å². The van der Waals surface area contributed by atoms with Gasteiger partial charge in [0, 0.05) is 12.1 Å². The second kappa shape index (κ2) is 12.8. The lowest BCUT2D eigenvalue weighted by Crippen LogP contribution is -2.55. The highest BCUT2D eigenvalue weighted by molar-refractivity contribution is 5.80. The van der Waals surface area contributed by atoms with Crippen molar-refractivity contribution in [2.24, 2.45) is 0 Å². The van der Waals surface area contributed by atoms with E-state index in [1.165, 1.54) is 7.11 Å². The third-order valence-electron chi connectivity index (χ3n) is 6.42. The van der Waals surface area contributed by atoms with Gasteiger partial charge in [-0.2, -0.15) is 0 Å². The predicted molar refractivity (Wildman–Crippen MR) is 132 cm³/mol. The molecule has 1 fully saturated rings. The molecule has 7 N–H and O–H groups in total. The molecule has 1 aliphatic rings. The Morgan fingerprint density at radius 2 is 1.68 bits per heavy atom. The zero-order valence-corrected chi connectivity index (χ0v) is 20.8. The number of urea groups is 1. The zero-order valence-electron chi connectivity index (χ0n) is 20.8. The maximum absolute atomic E-state index is 11.7. The molecule has 5 atom stereocenters. The van der Waals surface area contributed by atoms with Gasteiger partial charge in [-0.1, -0.05) is 24.3 Å². The Labute approximate surface area is 214 Å². The lowest BCUT2D eigenvalue weighted by atomic mass is 9.88. The van der Waals surface area contributed by atoms with Crippen LogP contribution in [0.25, 0.3) is 0 Å². The summed E-state index contributed by atoms with van der Waals surface area (Å²) in [6.07, 6.45) is -5.61. The van der Waals surface area contributed by atoms with E-state index in [1.807, 2.05) is 31.2 Å². The normalized spacial score (nSPS) is 23.4. The number of phenols is 1. The van der Waals surface area contributed by atoms with Crippen molar-refractivity contribution in [1.29, 1.82) is 0 Å². The second-order valence-electron chi connectivity index (χ2n) is 9.02. The van der Waals surface area contributed by atoms with Crippen LogP contribution in [0.15, 0.2) is 36.4 Å². The molecule has 0 radical (unpaired) electrons. The number of nitrogens with one attached hydrogen (secondary N) is 2. The Morgan fingerprint density at radius 1 is 1.00 bits per heavy atom. The number of carbonyl (C=O) groups excluding carboxylic acids is 2. The fourth-order valence-corrected chi connectivity index (χ4v) is 4.18. The van der Waals surface area contributed by atoms with E-state index in [-0.39, 0.29) is 17.9 Å². The molecule has 202 valence electrons. The van der Waals surface area contributed by atoms with Crippen LogP contribution in [0.3, 0.4) is 0 Å². The van der Waals surface area contributed by atoms with Crippen molar-refractivity contribution in [3.63, 3.8) is 0 Å². The number of ether oxygens (including phenoxy) is 2. The molecule has 11 heteroatoms. The number of esters is 1. The minimum Gasteiger partial charge on any atom is -0.508 e. The third kappa shape index (κ3) is 7.18. The highest BCUT2D eigenvalue weighted by Gasteiger charge is 2.44. The van der Waals surface area contributed by atoms with E-state index < -0.39 is 49.1 Å². The van der Waals surface area contributed by atoms with Gasteiger partial charge < -0.3 is 45.6 Å². The number of aliphatic hydroxyl groups excluding tert-OH is 4. The summed E-state index contributed by atoms with van der Waals surface area (Å²) in [6.45, 7) is 1.47. The van der Waals surface area contributed by atoms with Crippen molar-refractivity contribution in [3.8, 4) is 5.75 Å². The number of hydrogen-bond donors (Lipinski definition) is 7. The van der Waals surface area contributed by atoms with Crippen molar-refractivity contribution in [2.45, 2.75) is 50.3 Å². The molecule has 2 aromatic rings. The Hall–Kier alpha value is -3.22. The summed E-state index contributed by atoms with van der Waals surface area (Å²) < 4.78 is 10.1. The molecule has 1 aliphatic heterocycles. The maximum atomic E-state index is 11.7. The number of phenolic OH excluding ortho intramolecular Hbond substituents is 1. The van der Waals surface area contributed by atoms with Gasteiger partial charge >= 0.3 is 12.0 Å². The van der Waals surface area contributed by atoms with E-state index in [4.69, 9.17) is 4.74 Å². The summed E-state index contributed by atoms with van der Waals surface area (Å²) in [5.41, 5.74) is 3.92. The van der Waals surface area contributed by atoms with Crippen LogP contribution in [0.5, 0.6) is 5.75 Å². The first-order valence-electron chi connectivity index (χ1n) is 11.9. The maximum Gasteiger partial charge on any atom is 0.325 e. The van der Waals surface area contributed by atoms with Crippen LogP contribution in [0.4, 0.5) is 4.79 Å². The summed E-state index contributed by atoms with van der Waals surface area (Å²) in [5, 5.41) is 55.7. The van der Waals surface area contributed by atoms with Gasteiger partial charge in [0.15, 0.2) is 0 Å². The van der Waals surface area contributed by atoms with Gasteiger partial charge in [0.25, 0.3) is 0 Å². The summed E-state index contributed by atoms with van der Waals surface area (Å²) in [4.78, 5) is 22.7. The van der Waals surface area contributed by atoms with Gasteiger partial charge in [-0.25, -0.2) is 4.79 Å². The number of carbonyl (C=O) groups is 2. The number of aryl methyl sites for hydroxylation is 1. The lowest BCUT2D eigenvalue weighted by Gasteiger charge is -2.40. The third-order valence-corrected chi connectivity index (χ3v) is 6.42. The second-order valence-corrected chi connectivity index (χ2v) is 9.02. The number of rotatable bonds is 9. The van der Waals surface area contributed by atoms with E-state index in [1.54, 1.807) is 12.1 Å². The summed E-state index contributed by atoms with van der Waals surface area (Å²) >= 11 is 0. The number of aromatic hydroxyl groups is 1. The molecule has 0 bridgehead atoms. The Kier molecular flexibility index (Phi) is 9.84. The Balaban J connectivity index is 1.64. The van der Waals surface area contributed by atoms with Crippen molar-refractivity contribution < 1.29 is 44.6 Å². The topological polar surface area (TPSA) is 178 Å². The average molecular weight is 519 g/mol. The van der Waals surface area contributed by atoms with Gasteiger partial charge in [0.2, 0.25) is 0 Å². The van der Waals surface area contributed by atoms with E-state index in [9.17, 15) is 35.1 Å². The molecule has 11 nitrogen and oxygen atoms in total. The monoisotopic (exact) mass is 518 g/mol. The predicted octanol–water partition coefficient (Wildman–Crippen LogP) is -0.179. The summed E-state index contributed by atoms with van der Waals surface area (Å²) in [6, 6.07) is 10.6. The van der Waals surface area contributed by atoms with Crippen LogP contribution < -0.4 is 10.6 Å². The lowest BCUT2D eigenvalue weighted by molar-refractivity contribution is -0.232. The summed E-state index contributed by atoms with van der Waals surface area (Å²) in [7, 11) is 1.24. The quantitative estimate of drug-likeness (QED) is 0.222. The standard InChI is InChI=1S/C26H34N2O9/c1-14-9-19(30)18(25-24(34)23(33)22(32)20(13-29)37-25)11-17(14)10-16-5-3-15(4-6-16)7-8-27-26(35)28-12-21(31)36-2/h3-6,9,11,20,22-25,29-30,32-34H,7-8,10,12-13H2,1-2H3,(H2,27,28,35)/t20-,22-,23+,24-,25+/m1/s1. The van der Waals surface area contributed by atoms with Crippen molar-refractivity contribution in [1.82, 2.24) is 10.6 Å². The fraction of sp³-hybridized carbons (Fsp3) is 0.462. The molecule has 3 rings (SSSR count). The van der Waals surface area contributed by atoms with Crippen LogP contribution in [0.2, 0.25) is 0 Å². The molecule has 0 aliphatic carbocycles. The molecule has 2 aromatic carbocycles. The van der Waals surface area contributed by atoms with Gasteiger partial charge in [-0.3, -0.25) is 4.79 Å². The molecular formula is C26H34N2O9. The van der Waals surface area contributed by atoms with E-state index >= 15 is 0 Å². The van der Waals surface area contributed by atoms with Gasteiger partial charge in [-0.15, -0.1) is 0 Å². The highest BCUT2D eigenvalue weighted by Crippen LogP contribution is 2.38. The first-order chi connectivity index (χ1) is 17.6. The minimum atomic E-state index is -1.54. The van der Waals surface area contributed by atoms with Crippen LogP contribution in [0, 0.1) is 6.92 Å². The number of benzene rings is 2. The van der Waals surface area contributed by atoms with Gasteiger partial charge in [-0.05, 0) is 54.2 Å². The Bertz CT molecular complexity index is 1070. The highest BCUT2D eigenvalue weighted by atomic mass is 16.5. The fourth-order valence-electron chi connectivity index (χ4n) is 4.18. The number of methoxy groups -OCH3 is 1. The van der Waals surface area contributed by atoms with Gasteiger partial charge in [0.1, 0.15) is 42.8 Å². The van der Waals surface area contributed by atoms with E-state index in [0.717, 1.165) is 22.3 Å². The number of hydrogen-bond acceptors (Lipinski definition) is 9. The molecule has 0 aromatic heterocycles. The van der Waals surface area contributed by atoms with Crippen LogP contribution in [0.1, 0.15) is 33.9 Å². The zero-order chi connectivity index (χ0) is 27.1. The minimum absolute atomic E-state index is 0.121. The average Bonchev–Trinajstić information content (AvgIpc) is 2.89. The van der Waals surface area contributed by atoms with Crippen molar-refractivity contribution in [3.05, 3.63) is 64.2 Å². The van der Waals surface area contributed by atoms with Crippen molar-refractivity contribution in [2.75, 3.05) is 26.8 Å². The van der Waals surface area contributed by atoms with Crippen LogP contribution in [-0.4, -0.2) is 88.8 Å². The first-order valence-corrected chi connectivity index (χ1v) is 11.9. The van der Waals surface area contributed by atoms with E-state index in [2.05, 4.69) is 15.4 Å². The number of amides is 2. The molecule has 1 saturated heterocycles.